The molecule has 1 saturated heterocycles. The molecule has 3 rings (SSSR count). The first kappa shape index (κ1) is 15.2. The molecule has 0 aliphatic carbocycles. The quantitative estimate of drug-likeness (QED) is 0.849. The first-order valence-electron chi connectivity index (χ1n) is 7.60. The summed E-state index contributed by atoms with van der Waals surface area (Å²) >= 11 is 0. The molecule has 120 valence electrons. The third kappa shape index (κ3) is 3.56. The molecule has 3 heterocycles. The van der Waals surface area contributed by atoms with Crippen molar-refractivity contribution in [3.63, 3.8) is 0 Å². The fraction of sp³-hybridized carbons (Fsp3) is 0.375. The van der Waals surface area contributed by atoms with Gasteiger partial charge in [-0.2, -0.15) is 4.98 Å². The van der Waals surface area contributed by atoms with Crippen molar-refractivity contribution in [3.05, 3.63) is 42.4 Å². The van der Waals surface area contributed by atoms with Crippen LogP contribution in [0.25, 0.3) is 0 Å². The SMILES string of the molecule is COc1ccnc(N2CCCN(C(=O)c3ccccn3)CC2)n1. The number of pyridine rings is 1. The second-order valence-electron chi connectivity index (χ2n) is 5.25. The van der Waals surface area contributed by atoms with E-state index in [1.54, 1.807) is 37.7 Å². The Hall–Kier alpha value is -2.70. The van der Waals surface area contributed by atoms with Crippen LogP contribution in [0, 0.1) is 0 Å². The van der Waals surface area contributed by atoms with Crippen molar-refractivity contribution in [1.29, 1.82) is 0 Å². The second-order valence-corrected chi connectivity index (χ2v) is 5.25. The maximum Gasteiger partial charge on any atom is 0.272 e. The number of anilines is 1. The van der Waals surface area contributed by atoms with Gasteiger partial charge in [0.1, 0.15) is 5.69 Å². The number of carbonyl (C=O) groups excluding carboxylic acids is 1. The average Bonchev–Trinajstić information content (AvgIpc) is 2.88. The van der Waals surface area contributed by atoms with E-state index in [0.717, 1.165) is 13.0 Å². The monoisotopic (exact) mass is 313 g/mol. The number of aromatic nitrogens is 3. The maximum atomic E-state index is 12.5. The number of ether oxygens (including phenoxy) is 1. The van der Waals surface area contributed by atoms with E-state index in [0.29, 0.717) is 37.2 Å². The molecule has 0 atom stereocenters. The number of carbonyl (C=O) groups is 1. The molecule has 23 heavy (non-hydrogen) atoms. The van der Waals surface area contributed by atoms with E-state index in [9.17, 15) is 4.79 Å². The van der Waals surface area contributed by atoms with E-state index < -0.39 is 0 Å². The first-order valence-corrected chi connectivity index (χ1v) is 7.60. The largest absolute Gasteiger partial charge is 0.481 e. The summed E-state index contributed by atoms with van der Waals surface area (Å²) in [7, 11) is 1.59. The van der Waals surface area contributed by atoms with Crippen molar-refractivity contribution < 1.29 is 9.53 Å². The Bertz CT molecular complexity index is 665. The highest BCUT2D eigenvalue weighted by Gasteiger charge is 2.22. The number of nitrogens with zero attached hydrogens (tertiary/aromatic N) is 5. The van der Waals surface area contributed by atoms with Crippen LogP contribution in [0.5, 0.6) is 5.88 Å². The Kier molecular flexibility index (Phi) is 4.65. The van der Waals surface area contributed by atoms with Crippen LogP contribution in [0.3, 0.4) is 0 Å². The molecule has 1 aliphatic rings. The third-order valence-electron chi connectivity index (χ3n) is 3.78. The van der Waals surface area contributed by atoms with Crippen molar-refractivity contribution in [2.24, 2.45) is 0 Å². The van der Waals surface area contributed by atoms with Crippen LogP contribution >= 0.6 is 0 Å². The van der Waals surface area contributed by atoms with Gasteiger partial charge in [-0.3, -0.25) is 9.78 Å². The Labute approximate surface area is 134 Å². The van der Waals surface area contributed by atoms with E-state index >= 15 is 0 Å². The van der Waals surface area contributed by atoms with Crippen molar-refractivity contribution in [2.45, 2.75) is 6.42 Å². The van der Waals surface area contributed by atoms with Gasteiger partial charge in [-0.15, -0.1) is 0 Å². The van der Waals surface area contributed by atoms with Crippen LogP contribution < -0.4 is 9.64 Å². The minimum Gasteiger partial charge on any atom is -0.481 e. The van der Waals surface area contributed by atoms with Gasteiger partial charge in [-0.1, -0.05) is 6.07 Å². The van der Waals surface area contributed by atoms with Crippen LogP contribution in [-0.2, 0) is 0 Å². The fourth-order valence-corrected chi connectivity index (χ4v) is 2.57. The van der Waals surface area contributed by atoms with Crippen molar-refractivity contribution in [2.75, 3.05) is 38.2 Å². The zero-order valence-electron chi connectivity index (χ0n) is 13.1. The molecule has 0 saturated carbocycles. The number of hydrogen-bond donors (Lipinski definition) is 0. The standard InChI is InChI=1S/C16H19N5O2/c1-23-14-6-8-18-16(19-14)21-10-4-9-20(11-12-21)15(22)13-5-2-3-7-17-13/h2-3,5-8H,4,9-12H2,1H3. The van der Waals surface area contributed by atoms with Crippen LogP contribution in [0.2, 0.25) is 0 Å². The Balaban J connectivity index is 1.68. The molecule has 7 heteroatoms. The number of hydrogen-bond acceptors (Lipinski definition) is 6. The Morgan fingerprint density at radius 1 is 1.09 bits per heavy atom. The lowest BCUT2D eigenvalue weighted by Gasteiger charge is -2.22. The van der Waals surface area contributed by atoms with Crippen LogP contribution in [-0.4, -0.2) is 59.0 Å². The summed E-state index contributed by atoms with van der Waals surface area (Å²) < 4.78 is 5.14. The summed E-state index contributed by atoms with van der Waals surface area (Å²) in [6.45, 7) is 2.82. The number of rotatable bonds is 3. The zero-order chi connectivity index (χ0) is 16.1. The summed E-state index contributed by atoms with van der Waals surface area (Å²) in [5.74, 6) is 1.15. The summed E-state index contributed by atoms with van der Waals surface area (Å²) in [5.41, 5.74) is 0.485. The lowest BCUT2D eigenvalue weighted by atomic mass is 10.3. The fourth-order valence-electron chi connectivity index (χ4n) is 2.57. The van der Waals surface area contributed by atoms with E-state index in [-0.39, 0.29) is 5.91 Å². The summed E-state index contributed by atoms with van der Waals surface area (Å²) in [6, 6.07) is 7.10. The normalized spacial score (nSPS) is 15.2. The number of amides is 1. The third-order valence-corrected chi connectivity index (χ3v) is 3.78. The molecular weight excluding hydrogens is 294 g/mol. The molecule has 7 nitrogen and oxygen atoms in total. The molecule has 1 aliphatic heterocycles. The van der Waals surface area contributed by atoms with Crippen LogP contribution in [0.4, 0.5) is 5.95 Å². The van der Waals surface area contributed by atoms with Gasteiger partial charge in [0.2, 0.25) is 11.8 Å². The predicted octanol–water partition coefficient (Wildman–Crippen LogP) is 1.23. The highest BCUT2D eigenvalue weighted by molar-refractivity contribution is 5.92. The van der Waals surface area contributed by atoms with Gasteiger partial charge >= 0.3 is 0 Å². The first-order chi connectivity index (χ1) is 11.3. The van der Waals surface area contributed by atoms with Gasteiger partial charge in [0, 0.05) is 44.6 Å². The molecule has 2 aromatic heterocycles. The summed E-state index contributed by atoms with van der Waals surface area (Å²) in [5, 5.41) is 0. The Morgan fingerprint density at radius 2 is 2.00 bits per heavy atom. The zero-order valence-corrected chi connectivity index (χ0v) is 13.1. The molecule has 1 fully saturated rings. The minimum absolute atomic E-state index is 0.0287. The molecule has 0 N–H and O–H groups in total. The highest BCUT2D eigenvalue weighted by Crippen LogP contribution is 2.15. The molecular formula is C16H19N5O2. The average molecular weight is 313 g/mol. The second kappa shape index (κ2) is 7.04. The molecule has 0 spiro atoms. The van der Waals surface area contributed by atoms with Gasteiger partial charge < -0.3 is 14.5 Å². The van der Waals surface area contributed by atoms with Gasteiger partial charge in [0.25, 0.3) is 5.91 Å². The van der Waals surface area contributed by atoms with Crippen LogP contribution in [0.15, 0.2) is 36.7 Å². The lowest BCUT2D eigenvalue weighted by Crippen LogP contribution is -2.36. The maximum absolute atomic E-state index is 12.5. The van der Waals surface area contributed by atoms with Gasteiger partial charge in [0.05, 0.1) is 7.11 Å². The number of methoxy groups -OCH3 is 1. The highest BCUT2D eigenvalue weighted by atomic mass is 16.5. The topological polar surface area (TPSA) is 71.5 Å². The minimum atomic E-state index is -0.0287. The van der Waals surface area contributed by atoms with E-state index in [4.69, 9.17) is 4.74 Å². The van der Waals surface area contributed by atoms with Crippen molar-refractivity contribution in [3.8, 4) is 5.88 Å². The van der Waals surface area contributed by atoms with E-state index in [2.05, 4.69) is 19.9 Å². The lowest BCUT2D eigenvalue weighted by molar-refractivity contribution is 0.0761. The molecule has 2 aromatic rings. The summed E-state index contributed by atoms with van der Waals surface area (Å²) in [4.78, 5) is 29.2. The molecule has 0 unspecified atom stereocenters. The van der Waals surface area contributed by atoms with Gasteiger partial charge in [0.15, 0.2) is 0 Å². The predicted molar refractivity (Wildman–Crippen MR) is 85.6 cm³/mol. The molecule has 0 radical (unpaired) electrons. The van der Waals surface area contributed by atoms with Gasteiger partial charge in [-0.25, -0.2) is 4.98 Å². The van der Waals surface area contributed by atoms with Crippen molar-refractivity contribution >= 4 is 11.9 Å². The van der Waals surface area contributed by atoms with Crippen molar-refractivity contribution in [1.82, 2.24) is 19.9 Å². The summed E-state index contributed by atoms with van der Waals surface area (Å²) in [6.07, 6.45) is 4.18. The molecule has 0 aromatic carbocycles. The molecule has 1 amide bonds. The van der Waals surface area contributed by atoms with Gasteiger partial charge in [-0.05, 0) is 18.6 Å². The van der Waals surface area contributed by atoms with E-state index in [1.807, 2.05) is 11.0 Å². The smallest absolute Gasteiger partial charge is 0.272 e. The Morgan fingerprint density at radius 3 is 2.78 bits per heavy atom. The van der Waals surface area contributed by atoms with E-state index in [1.165, 1.54) is 0 Å². The molecule has 0 bridgehead atoms. The van der Waals surface area contributed by atoms with Crippen LogP contribution in [0.1, 0.15) is 16.9 Å².